The first-order chi connectivity index (χ1) is 7.83. The first-order valence-corrected chi connectivity index (χ1v) is 6.85. The van der Waals surface area contributed by atoms with Crippen LogP contribution in [0.15, 0.2) is 30.3 Å². The molecule has 1 amide bonds. The number of unbranched alkanes of at least 4 members (excludes halogenated alkanes) is 1. The highest BCUT2D eigenvalue weighted by molar-refractivity contribution is 9.09. The third kappa shape index (κ3) is 2.46. The number of halogens is 1. The molecule has 0 aliphatic carbocycles. The number of hydrogen-bond acceptors (Lipinski definition) is 1. The van der Waals surface area contributed by atoms with Crippen molar-refractivity contribution in [2.45, 2.75) is 25.3 Å². The van der Waals surface area contributed by atoms with Crippen LogP contribution < -0.4 is 0 Å². The minimum absolute atomic E-state index is 0.295. The molecule has 1 aliphatic heterocycles. The predicted octanol–water partition coefficient (Wildman–Crippen LogP) is 3.14. The third-order valence-electron chi connectivity index (χ3n) is 3.03. The van der Waals surface area contributed by atoms with Crippen LogP contribution in [0.5, 0.6) is 0 Å². The molecule has 0 radical (unpaired) electrons. The molecule has 1 heterocycles. The molecule has 1 fully saturated rings. The number of rotatable bonds is 5. The van der Waals surface area contributed by atoms with Gasteiger partial charge >= 0.3 is 0 Å². The van der Waals surface area contributed by atoms with Crippen molar-refractivity contribution in [2.75, 3.05) is 11.9 Å². The molecule has 16 heavy (non-hydrogen) atoms. The summed E-state index contributed by atoms with van der Waals surface area (Å²) in [4.78, 5) is 13.5. The molecule has 1 unspecified atom stereocenters. The number of likely N-dealkylation sites (tertiary alicyclic amines) is 1. The van der Waals surface area contributed by atoms with E-state index in [-0.39, 0.29) is 0 Å². The molecule has 0 aromatic heterocycles. The second-order valence-corrected chi connectivity index (χ2v) is 4.91. The van der Waals surface area contributed by atoms with Gasteiger partial charge in [-0.1, -0.05) is 46.3 Å². The summed E-state index contributed by atoms with van der Waals surface area (Å²) in [7, 11) is 0. The highest BCUT2D eigenvalue weighted by Gasteiger charge is 2.36. The summed E-state index contributed by atoms with van der Waals surface area (Å²) in [6.45, 7) is 0.893. The Bertz CT molecular complexity index is 352. The molecular weight excluding hydrogens is 266 g/mol. The largest absolute Gasteiger partial charge is 0.335 e. The van der Waals surface area contributed by atoms with Crippen LogP contribution in [-0.2, 0) is 4.79 Å². The number of benzene rings is 1. The van der Waals surface area contributed by atoms with E-state index in [1.165, 1.54) is 5.56 Å². The Morgan fingerprint density at radius 1 is 1.25 bits per heavy atom. The van der Waals surface area contributed by atoms with Crippen molar-refractivity contribution in [2.24, 2.45) is 0 Å². The van der Waals surface area contributed by atoms with E-state index in [0.717, 1.165) is 24.7 Å². The quantitative estimate of drug-likeness (QED) is 0.461. The molecule has 1 atom stereocenters. The minimum Gasteiger partial charge on any atom is -0.335 e. The van der Waals surface area contributed by atoms with Crippen LogP contribution in [0.1, 0.15) is 30.9 Å². The van der Waals surface area contributed by atoms with E-state index in [0.29, 0.717) is 18.4 Å². The lowest BCUT2D eigenvalue weighted by atomic mass is 9.93. The lowest BCUT2D eigenvalue weighted by Gasteiger charge is -2.41. The van der Waals surface area contributed by atoms with E-state index in [1.807, 2.05) is 23.1 Å². The average molecular weight is 282 g/mol. The van der Waals surface area contributed by atoms with Gasteiger partial charge in [-0.25, -0.2) is 0 Å². The molecule has 0 saturated carbocycles. The standard InChI is InChI=1S/C13H16BrNO/c14-8-4-5-9-15-12(10-13(15)16)11-6-2-1-3-7-11/h1-3,6-7,12H,4-5,8-10H2. The zero-order chi connectivity index (χ0) is 11.4. The van der Waals surface area contributed by atoms with Gasteiger partial charge in [0.25, 0.3) is 0 Å². The Morgan fingerprint density at radius 2 is 2.00 bits per heavy atom. The van der Waals surface area contributed by atoms with Gasteiger partial charge in [-0.05, 0) is 18.4 Å². The highest BCUT2D eigenvalue weighted by Crippen LogP contribution is 2.34. The monoisotopic (exact) mass is 281 g/mol. The SMILES string of the molecule is O=C1CC(c2ccccc2)N1CCCCBr. The summed E-state index contributed by atoms with van der Waals surface area (Å²) in [6.07, 6.45) is 2.89. The summed E-state index contributed by atoms with van der Waals surface area (Å²) >= 11 is 3.41. The molecule has 0 spiro atoms. The van der Waals surface area contributed by atoms with Gasteiger partial charge < -0.3 is 4.90 Å². The summed E-state index contributed by atoms with van der Waals surface area (Å²) in [6, 6.07) is 10.6. The van der Waals surface area contributed by atoms with Crippen LogP contribution >= 0.6 is 15.9 Å². The fourth-order valence-corrected chi connectivity index (χ4v) is 2.48. The van der Waals surface area contributed by atoms with Crippen molar-refractivity contribution in [3.05, 3.63) is 35.9 Å². The van der Waals surface area contributed by atoms with E-state index in [9.17, 15) is 4.79 Å². The van der Waals surface area contributed by atoms with Crippen LogP contribution in [-0.4, -0.2) is 22.7 Å². The fraction of sp³-hybridized carbons (Fsp3) is 0.462. The van der Waals surface area contributed by atoms with E-state index in [1.54, 1.807) is 0 Å². The molecular formula is C13H16BrNO. The Labute approximate surface area is 105 Å². The maximum atomic E-state index is 11.5. The van der Waals surface area contributed by atoms with E-state index < -0.39 is 0 Å². The van der Waals surface area contributed by atoms with Crippen LogP contribution in [0.2, 0.25) is 0 Å². The van der Waals surface area contributed by atoms with Crippen molar-refractivity contribution in [3.63, 3.8) is 0 Å². The summed E-state index contributed by atoms with van der Waals surface area (Å²) in [5, 5.41) is 1.02. The van der Waals surface area contributed by atoms with Gasteiger partial charge in [0.05, 0.1) is 12.5 Å². The average Bonchev–Trinajstić information content (AvgIpc) is 2.32. The maximum absolute atomic E-state index is 11.5. The number of carbonyl (C=O) groups is 1. The van der Waals surface area contributed by atoms with Gasteiger partial charge in [0, 0.05) is 11.9 Å². The third-order valence-corrected chi connectivity index (χ3v) is 3.59. The van der Waals surface area contributed by atoms with Gasteiger partial charge in [0.2, 0.25) is 5.91 Å². The second-order valence-electron chi connectivity index (χ2n) is 4.11. The van der Waals surface area contributed by atoms with Crippen LogP contribution in [0.4, 0.5) is 0 Å². The van der Waals surface area contributed by atoms with E-state index in [2.05, 4.69) is 28.1 Å². The zero-order valence-corrected chi connectivity index (χ0v) is 10.8. The first-order valence-electron chi connectivity index (χ1n) is 5.73. The first kappa shape index (κ1) is 11.6. The molecule has 1 saturated heterocycles. The highest BCUT2D eigenvalue weighted by atomic mass is 79.9. The molecule has 1 aromatic carbocycles. The molecule has 0 N–H and O–H groups in total. The maximum Gasteiger partial charge on any atom is 0.225 e. The number of alkyl halides is 1. The lowest BCUT2D eigenvalue weighted by molar-refractivity contribution is -0.146. The van der Waals surface area contributed by atoms with E-state index >= 15 is 0 Å². The normalized spacial score (nSPS) is 19.7. The van der Waals surface area contributed by atoms with Crippen molar-refractivity contribution in [1.29, 1.82) is 0 Å². The van der Waals surface area contributed by atoms with Crippen LogP contribution in [0, 0.1) is 0 Å². The van der Waals surface area contributed by atoms with Gasteiger partial charge in [-0.3, -0.25) is 4.79 Å². The summed E-state index contributed by atoms with van der Waals surface area (Å²) < 4.78 is 0. The fourth-order valence-electron chi connectivity index (χ4n) is 2.08. The minimum atomic E-state index is 0.295. The van der Waals surface area contributed by atoms with Gasteiger partial charge in [-0.2, -0.15) is 0 Å². The van der Waals surface area contributed by atoms with Crippen molar-refractivity contribution >= 4 is 21.8 Å². The number of amides is 1. The molecule has 1 aromatic rings. The van der Waals surface area contributed by atoms with Crippen molar-refractivity contribution < 1.29 is 4.79 Å². The Hall–Kier alpha value is -0.830. The van der Waals surface area contributed by atoms with Crippen molar-refractivity contribution in [1.82, 2.24) is 4.90 Å². The molecule has 2 nitrogen and oxygen atoms in total. The number of carbonyl (C=O) groups excluding carboxylic acids is 1. The molecule has 1 aliphatic rings. The molecule has 0 bridgehead atoms. The zero-order valence-electron chi connectivity index (χ0n) is 9.23. The number of hydrogen-bond donors (Lipinski definition) is 0. The van der Waals surface area contributed by atoms with Crippen LogP contribution in [0.3, 0.4) is 0 Å². The van der Waals surface area contributed by atoms with Gasteiger partial charge in [0.1, 0.15) is 0 Å². The Kier molecular flexibility index (Phi) is 3.99. The van der Waals surface area contributed by atoms with Gasteiger partial charge in [0.15, 0.2) is 0 Å². The van der Waals surface area contributed by atoms with Gasteiger partial charge in [-0.15, -0.1) is 0 Å². The molecule has 2 rings (SSSR count). The number of nitrogens with zero attached hydrogens (tertiary/aromatic N) is 1. The van der Waals surface area contributed by atoms with Crippen molar-refractivity contribution in [3.8, 4) is 0 Å². The smallest absolute Gasteiger partial charge is 0.225 e. The number of β-lactam (4-membered cyclic amide) rings is 1. The second kappa shape index (κ2) is 5.48. The Morgan fingerprint density at radius 3 is 2.62 bits per heavy atom. The molecule has 86 valence electrons. The predicted molar refractivity (Wildman–Crippen MR) is 68.5 cm³/mol. The molecule has 3 heteroatoms. The summed E-state index contributed by atoms with van der Waals surface area (Å²) in [5.74, 6) is 0.295. The topological polar surface area (TPSA) is 20.3 Å². The lowest BCUT2D eigenvalue weighted by Crippen LogP contribution is -2.46. The van der Waals surface area contributed by atoms with Crippen LogP contribution in [0.25, 0.3) is 0 Å². The summed E-state index contributed by atoms with van der Waals surface area (Å²) in [5.41, 5.74) is 1.26. The van der Waals surface area contributed by atoms with E-state index in [4.69, 9.17) is 0 Å². The Balaban J connectivity index is 1.94.